The molecule has 1 aromatic rings. The van der Waals surface area contributed by atoms with Crippen molar-refractivity contribution in [3.05, 3.63) is 38.4 Å². The maximum atomic E-state index is 11.4. The number of rotatable bonds is 4. The Kier molecular flexibility index (Phi) is 5.66. The quantitative estimate of drug-likeness (QED) is 0.430. The molecule has 34 heavy (non-hydrogen) atoms. The van der Waals surface area contributed by atoms with Gasteiger partial charge in [0.2, 0.25) is 0 Å². The van der Waals surface area contributed by atoms with E-state index in [-0.39, 0.29) is 34.0 Å². The Labute approximate surface area is 199 Å². The molecule has 0 heterocycles. The van der Waals surface area contributed by atoms with E-state index in [9.17, 15) is 25.3 Å². The van der Waals surface area contributed by atoms with Crippen LogP contribution in [0.5, 0.6) is 0 Å². The minimum atomic E-state index is -0.638. The summed E-state index contributed by atoms with van der Waals surface area (Å²) in [6.45, 7) is 4.78. The Morgan fingerprint density at radius 3 is 2.50 bits per heavy atom. The van der Waals surface area contributed by atoms with Crippen molar-refractivity contribution in [1.29, 1.82) is 0 Å². The number of hydrazone groups is 1. The first-order chi connectivity index (χ1) is 16.1. The molecule has 0 amide bonds. The molecule has 5 rings (SSSR count). The van der Waals surface area contributed by atoms with Crippen LogP contribution >= 0.6 is 0 Å². The van der Waals surface area contributed by atoms with Gasteiger partial charge in [-0.1, -0.05) is 13.8 Å². The first-order valence-corrected chi connectivity index (χ1v) is 12.6. The van der Waals surface area contributed by atoms with Crippen LogP contribution in [0, 0.1) is 54.7 Å². The third-order valence-corrected chi connectivity index (χ3v) is 10.2. The highest BCUT2D eigenvalue weighted by molar-refractivity contribution is 5.86. The maximum Gasteiger partial charge on any atom is 0.301 e. The lowest BCUT2D eigenvalue weighted by Crippen LogP contribution is -2.54. The van der Waals surface area contributed by atoms with Gasteiger partial charge in [-0.25, -0.2) is 0 Å². The third kappa shape index (κ3) is 3.59. The van der Waals surface area contributed by atoms with E-state index < -0.39 is 9.85 Å². The summed E-state index contributed by atoms with van der Waals surface area (Å²) in [7, 11) is 0. The Bertz CT molecular complexity index is 1040. The number of nitrogens with one attached hydrogen (secondary N) is 1. The molecule has 2 N–H and O–H groups in total. The Hall–Kier alpha value is -2.55. The van der Waals surface area contributed by atoms with E-state index in [4.69, 9.17) is 0 Å². The number of nitrogens with zero attached hydrogens (tertiary/aromatic N) is 3. The highest BCUT2D eigenvalue weighted by atomic mass is 16.6. The predicted molar refractivity (Wildman–Crippen MR) is 129 cm³/mol. The number of aliphatic hydroxyl groups excluding tert-OH is 1. The summed E-state index contributed by atoms with van der Waals surface area (Å²) in [5.74, 6) is 2.58. The number of fused-ring (bicyclic) bond motifs is 5. The molecule has 7 atom stereocenters. The molecule has 9 heteroatoms. The SMILES string of the molecule is C[C@]12CC/C(=N\Nc3ccc([N+](=O)[O-])cc3[N+](=O)[O-])CC1CCC1C2CC[C@]2(C)C(O)CCC12. The molecule has 0 radical (unpaired) electrons. The molecule has 9 nitrogen and oxygen atoms in total. The zero-order valence-corrected chi connectivity index (χ0v) is 19.9. The lowest BCUT2D eigenvalue weighted by Gasteiger charge is -2.60. The van der Waals surface area contributed by atoms with Gasteiger partial charge < -0.3 is 5.11 Å². The van der Waals surface area contributed by atoms with Gasteiger partial charge in [-0.05, 0) is 98.4 Å². The van der Waals surface area contributed by atoms with E-state index in [2.05, 4.69) is 24.4 Å². The van der Waals surface area contributed by atoms with E-state index in [1.807, 2.05) is 0 Å². The molecule has 184 valence electrons. The number of nitro benzene ring substituents is 2. The van der Waals surface area contributed by atoms with E-state index in [0.29, 0.717) is 23.7 Å². The Morgan fingerprint density at radius 2 is 1.76 bits per heavy atom. The van der Waals surface area contributed by atoms with Gasteiger partial charge in [-0.2, -0.15) is 5.10 Å². The maximum absolute atomic E-state index is 11.4. The number of hydrogen-bond acceptors (Lipinski definition) is 7. The van der Waals surface area contributed by atoms with Crippen molar-refractivity contribution in [1.82, 2.24) is 0 Å². The average molecular weight is 471 g/mol. The van der Waals surface area contributed by atoms with Crippen LogP contribution in [0.2, 0.25) is 0 Å². The van der Waals surface area contributed by atoms with Gasteiger partial charge in [0.25, 0.3) is 5.69 Å². The number of nitro groups is 2. The summed E-state index contributed by atoms with van der Waals surface area (Å²) in [6, 6.07) is 3.58. The van der Waals surface area contributed by atoms with Crippen LogP contribution in [0.1, 0.15) is 71.6 Å². The summed E-state index contributed by atoms with van der Waals surface area (Å²) >= 11 is 0. The minimum Gasteiger partial charge on any atom is -0.393 e. The number of anilines is 1. The van der Waals surface area contributed by atoms with Crippen LogP contribution in [0.3, 0.4) is 0 Å². The van der Waals surface area contributed by atoms with Gasteiger partial charge in [0, 0.05) is 11.8 Å². The summed E-state index contributed by atoms with van der Waals surface area (Å²) < 4.78 is 0. The van der Waals surface area contributed by atoms with Crippen molar-refractivity contribution in [2.24, 2.45) is 39.6 Å². The molecule has 5 unspecified atom stereocenters. The second kappa shape index (κ2) is 8.29. The summed E-state index contributed by atoms with van der Waals surface area (Å²) in [5, 5.41) is 37.6. The van der Waals surface area contributed by atoms with Crippen molar-refractivity contribution < 1.29 is 15.0 Å². The standard InChI is InChI=1S/C25H34N4O5/c1-24-11-9-16(26-27-21-7-4-17(28(31)32)14-22(21)29(33)34)13-15(24)3-5-18-19-6-8-23(30)25(19,2)12-10-20(18)24/h4,7,14-15,18-20,23,27,30H,3,5-6,8-13H2,1-2H3/b26-16+/t15?,18?,19?,20?,23?,24-,25-/m0/s1. The molecule has 0 spiro atoms. The van der Waals surface area contributed by atoms with Crippen molar-refractivity contribution >= 4 is 22.8 Å². The molecular formula is C25H34N4O5. The van der Waals surface area contributed by atoms with Crippen LogP contribution in [-0.2, 0) is 0 Å². The van der Waals surface area contributed by atoms with Crippen LogP contribution in [-0.4, -0.2) is 26.8 Å². The van der Waals surface area contributed by atoms with Crippen LogP contribution in [0.15, 0.2) is 23.3 Å². The fraction of sp³-hybridized carbons (Fsp3) is 0.720. The highest BCUT2D eigenvalue weighted by Crippen LogP contribution is 2.66. The minimum absolute atomic E-state index is 0.0923. The molecule has 1 aromatic carbocycles. The number of benzene rings is 1. The highest BCUT2D eigenvalue weighted by Gasteiger charge is 2.59. The molecule has 0 bridgehead atoms. The number of non-ortho nitro benzene ring substituents is 1. The van der Waals surface area contributed by atoms with Crippen molar-refractivity contribution in [2.45, 2.75) is 77.7 Å². The first-order valence-electron chi connectivity index (χ1n) is 12.6. The summed E-state index contributed by atoms with van der Waals surface area (Å²) in [5.41, 5.74) is 3.73. The van der Waals surface area contributed by atoms with Gasteiger partial charge in [0.1, 0.15) is 5.69 Å². The van der Waals surface area contributed by atoms with Gasteiger partial charge in [-0.3, -0.25) is 25.7 Å². The Balaban J connectivity index is 1.31. The van der Waals surface area contributed by atoms with Crippen LogP contribution in [0.4, 0.5) is 17.1 Å². The molecule has 4 aliphatic carbocycles. The fourth-order valence-corrected chi connectivity index (χ4v) is 8.15. The molecule has 4 saturated carbocycles. The van der Waals surface area contributed by atoms with E-state index in [1.54, 1.807) is 0 Å². The van der Waals surface area contributed by atoms with Crippen LogP contribution in [0.25, 0.3) is 0 Å². The molecule has 4 fully saturated rings. The number of hydrogen-bond donors (Lipinski definition) is 2. The normalized spacial score (nSPS) is 40.2. The lowest BCUT2D eigenvalue weighted by molar-refractivity contribution is -0.393. The predicted octanol–water partition coefficient (Wildman–Crippen LogP) is 5.67. The second-order valence-corrected chi connectivity index (χ2v) is 11.5. The molecular weight excluding hydrogens is 436 g/mol. The summed E-state index contributed by atoms with van der Waals surface area (Å²) in [6.07, 6.45) is 9.45. The first kappa shape index (κ1) is 23.2. The van der Waals surface area contributed by atoms with Crippen molar-refractivity contribution in [3.63, 3.8) is 0 Å². The zero-order chi connectivity index (χ0) is 24.3. The van der Waals surface area contributed by atoms with Crippen LogP contribution < -0.4 is 5.43 Å². The summed E-state index contributed by atoms with van der Waals surface area (Å²) in [4.78, 5) is 21.1. The average Bonchev–Trinajstić information content (AvgIpc) is 3.11. The van der Waals surface area contributed by atoms with Gasteiger partial charge >= 0.3 is 5.69 Å². The second-order valence-electron chi connectivity index (χ2n) is 11.5. The fourth-order valence-electron chi connectivity index (χ4n) is 8.15. The van der Waals surface area contributed by atoms with Gasteiger partial charge in [0.05, 0.1) is 22.0 Å². The van der Waals surface area contributed by atoms with Gasteiger partial charge in [0.15, 0.2) is 0 Å². The molecule has 0 saturated heterocycles. The van der Waals surface area contributed by atoms with E-state index >= 15 is 0 Å². The monoisotopic (exact) mass is 470 g/mol. The number of aliphatic hydroxyl groups is 1. The smallest absolute Gasteiger partial charge is 0.301 e. The molecule has 0 aliphatic heterocycles. The molecule has 4 aliphatic rings. The van der Waals surface area contributed by atoms with Gasteiger partial charge in [-0.15, -0.1) is 0 Å². The van der Waals surface area contributed by atoms with Crippen molar-refractivity contribution in [3.8, 4) is 0 Å². The van der Waals surface area contributed by atoms with E-state index in [1.165, 1.54) is 25.0 Å². The van der Waals surface area contributed by atoms with Crippen molar-refractivity contribution in [2.75, 3.05) is 5.43 Å². The largest absolute Gasteiger partial charge is 0.393 e. The Morgan fingerprint density at radius 1 is 1.00 bits per heavy atom. The van der Waals surface area contributed by atoms with E-state index in [0.717, 1.165) is 56.7 Å². The third-order valence-electron chi connectivity index (χ3n) is 10.2. The topological polar surface area (TPSA) is 131 Å². The lowest BCUT2D eigenvalue weighted by atomic mass is 9.45. The zero-order valence-electron chi connectivity index (χ0n) is 19.9. The molecule has 0 aromatic heterocycles.